The Morgan fingerprint density at radius 1 is 0.895 bits per heavy atom. The molecule has 0 heterocycles. The quantitative estimate of drug-likeness (QED) is 0.627. The van der Waals surface area contributed by atoms with Crippen molar-refractivity contribution in [2.45, 2.75) is 78.2 Å². The van der Waals surface area contributed by atoms with Gasteiger partial charge in [0, 0.05) is 6.04 Å². The van der Waals surface area contributed by atoms with Crippen LogP contribution in [-0.2, 0) is 6.42 Å². The highest BCUT2D eigenvalue weighted by atomic mass is 14.6. The van der Waals surface area contributed by atoms with Crippen LogP contribution < -0.4 is 5.73 Å². The molecule has 1 unspecified atom stereocenters. The van der Waals surface area contributed by atoms with Gasteiger partial charge in [-0.05, 0) is 32.3 Å². The Morgan fingerprint density at radius 3 is 2.11 bits per heavy atom. The predicted molar refractivity (Wildman–Crippen MR) is 85.6 cm³/mol. The maximum atomic E-state index is 6.25. The Labute approximate surface area is 119 Å². The van der Waals surface area contributed by atoms with Gasteiger partial charge in [0.1, 0.15) is 0 Å². The van der Waals surface area contributed by atoms with E-state index < -0.39 is 0 Å². The summed E-state index contributed by atoms with van der Waals surface area (Å²) in [4.78, 5) is 0. The third-order valence-electron chi connectivity index (χ3n) is 3.71. The first kappa shape index (κ1) is 16.2. The number of benzene rings is 1. The molecule has 0 bridgehead atoms. The van der Waals surface area contributed by atoms with Crippen molar-refractivity contribution in [1.29, 1.82) is 0 Å². The van der Waals surface area contributed by atoms with Gasteiger partial charge in [-0.25, -0.2) is 0 Å². The lowest BCUT2D eigenvalue weighted by Crippen LogP contribution is -2.22. The second kappa shape index (κ2) is 9.14. The zero-order valence-corrected chi connectivity index (χ0v) is 13.0. The van der Waals surface area contributed by atoms with E-state index >= 15 is 0 Å². The van der Waals surface area contributed by atoms with Crippen molar-refractivity contribution >= 4 is 0 Å². The maximum Gasteiger partial charge on any atom is 0.00793 e. The van der Waals surface area contributed by atoms with E-state index in [2.05, 4.69) is 39.0 Å². The predicted octanol–water partition coefficient (Wildman–Crippen LogP) is 4.92. The fourth-order valence-corrected chi connectivity index (χ4v) is 2.78. The van der Waals surface area contributed by atoms with Crippen molar-refractivity contribution in [1.82, 2.24) is 0 Å². The van der Waals surface area contributed by atoms with Gasteiger partial charge in [-0.3, -0.25) is 0 Å². The number of hydrogen-bond donors (Lipinski definition) is 1. The highest BCUT2D eigenvalue weighted by Gasteiger charge is 2.05. The molecule has 0 saturated heterocycles. The standard InChI is InChI=1S/C18H31N/c1-4-5-6-7-8-9-10-18(19)14-17-12-15(2)11-16(3)13-17/h11-13,18H,4-10,14,19H2,1-3H3. The average Bonchev–Trinajstić information content (AvgIpc) is 2.32. The molecule has 108 valence electrons. The molecule has 1 atom stereocenters. The number of aryl methyl sites for hydroxylation is 2. The molecule has 0 amide bonds. The van der Waals surface area contributed by atoms with Gasteiger partial charge in [0.05, 0.1) is 0 Å². The van der Waals surface area contributed by atoms with E-state index in [1.54, 1.807) is 0 Å². The first-order valence-corrected chi connectivity index (χ1v) is 7.94. The molecule has 1 aromatic rings. The minimum atomic E-state index is 0.326. The summed E-state index contributed by atoms with van der Waals surface area (Å²) in [5, 5.41) is 0. The normalized spacial score (nSPS) is 12.6. The maximum absolute atomic E-state index is 6.25. The second-order valence-corrected chi connectivity index (χ2v) is 6.02. The summed E-state index contributed by atoms with van der Waals surface area (Å²) in [6, 6.07) is 7.10. The molecule has 2 N–H and O–H groups in total. The Bertz CT molecular complexity index is 336. The van der Waals surface area contributed by atoms with Gasteiger partial charge in [0.15, 0.2) is 0 Å². The molecule has 0 spiro atoms. The first-order valence-electron chi connectivity index (χ1n) is 7.94. The van der Waals surface area contributed by atoms with Crippen LogP contribution in [0, 0.1) is 13.8 Å². The van der Waals surface area contributed by atoms with Gasteiger partial charge in [-0.1, -0.05) is 74.8 Å². The van der Waals surface area contributed by atoms with E-state index in [1.165, 1.54) is 61.6 Å². The summed E-state index contributed by atoms with van der Waals surface area (Å²) < 4.78 is 0. The molecule has 0 radical (unpaired) electrons. The molecule has 0 aromatic heterocycles. The van der Waals surface area contributed by atoms with Crippen molar-refractivity contribution in [3.8, 4) is 0 Å². The molecule has 1 heteroatoms. The van der Waals surface area contributed by atoms with E-state index in [0.717, 1.165) is 6.42 Å². The van der Waals surface area contributed by atoms with Gasteiger partial charge in [-0.15, -0.1) is 0 Å². The molecule has 0 fully saturated rings. The van der Waals surface area contributed by atoms with Crippen LogP contribution in [0.2, 0.25) is 0 Å². The minimum Gasteiger partial charge on any atom is -0.327 e. The number of hydrogen-bond acceptors (Lipinski definition) is 1. The third kappa shape index (κ3) is 7.37. The summed E-state index contributed by atoms with van der Waals surface area (Å²) >= 11 is 0. The van der Waals surface area contributed by atoms with Crippen LogP contribution in [0.25, 0.3) is 0 Å². The summed E-state index contributed by atoms with van der Waals surface area (Å²) in [7, 11) is 0. The highest BCUT2D eigenvalue weighted by molar-refractivity contribution is 5.29. The Balaban J connectivity index is 2.21. The molecule has 0 aliphatic heterocycles. The van der Waals surface area contributed by atoms with Gasteiger partial charge in [-0.2, -0.15) is 0 Å². The van der Waals surface area contributed by atoms with E-state index in [0.29, 0.717) is 6.04 Å². The smallest absolute Gasteiger partial charge is 0.00793 e. The highest BCUT2D eigenvalue weighted by Crippen LogP contribution is 2.13. The van der Waals surface area contributed by atoms with Crippen LogP contribution in [-0.4, -0.2) is 6.04 Å². The summed E-state index contributed by atoms with van der Waals surface area (Å²) in [5.74, 6) is 0. The number of rotatable bonds is 9. The molecule has 1 rings (SSSR count). The minimum absolute atomic E-state index is 0.326. The lowest BCUT2D eigenvalue weighted by molar-refractivity contribution is 0.532. The fourth-order valence-electron chi connectivity index (χ4n) is 2.78. The van der Waals surface area contributed by atoms with Crippen LogP contribution in [0.5, 0.6) is 0 Å². The SMILES string of the molecule is CCCCCCCCC(N)Cc1cc(C)cc(C)c1. The summed E-state index contributed by atoms with van der Waals surface area (Å²) in [6.45, 7) is 6.59. The Morgan fingerprint density at radius 2 is 1.47 bits per heavy atom. The van der Waals surface area contributed by atoms with Crippen LogP contribution in [0.15, 0.2) is 18.2 Å². The van der Waals surface area contributed by atoms with Crippen LogP contribution in [0.4, 0.5) is 0 Å². The Hall–Kier alpha value is -0.820. The third-order valence-corrected chi connectivity index (χ3v) is 3.71. The van der Waals surface area contributed by atoms with Gasteiger partial charge in [0.2, 0.25) is 0 Å². The van der Waals surface area contributed by atoms with Crippen molar-refractivity contribution < 1.29 is 0 Å². The zero-order valence-electron chi connectivity index (χ0n) is 13.0. The molecular weight excluding hydrogens is 230 g/mol. The fraction of sp³-hybridized carbons (Fsp3) is 0.667. The van der Waals surface area contributed by atoms with E-state index in [-0.39, 0.29) is 0 Å². The zero-order chi connectivity index (χ0) is 14.1. The number of nitrogens with two attached hydrogens (primary N) is 1. The molecule has 1 aromatic carbocycles. The molecule has 1 nitrogen and oxygen atoms in total. The number of unbranched alkanes of at least 4 members (excludes halogenated alkanes) is 5. The van der Waals surface area contributed by atoms with Crippen molar-refractivity contribution in [2.24, 2.45) is 5.73 Å². The molecular formula is C18H31N. The van der Waals surface area contributed by atoms with Crippen molar-refractivity contribution in [3.05, 3.63) is 34.9 Å². The van der Waals surface area contributed by atoms with Gasteiger partial charge >= 0.3 is 0 Å². The van der Waals surface area contributed by atoms with Gasteiger partial charge in [0.25, 0.3) is 0 Å². The Kier molecular flexibility index (Phi) is 7.81. The van der Waals surface area contributed by atoms with Crippen molar-refractivity contribution in [2.75, 3.05) is 0 Å². The lowest BCUT2D eigenvalue weighted by atomic mass is 9.98. The van der Waals surface area contributed by atoms with Crippen LogP contribution in [0.3, 0.4) is 0 Å². The van der Waals surface area contributed by atoms with E-state index in [9.17, 15) is 0 Å². The summed E-state index contributed by atoms with van der Waals surface area (Å²) in [6.07, 6.45) is 10.3. The monoisotopic (exact) mass is 261 g/mol. The molecule has 0 aliphatic rings. The molecule has 0 saturated carbocycles. The molecule has 19 heavy (non-hydrogen) atoms. The van der Waals surface area contributed by atoms with Crippen LogP contribution in [0.1, 0.15) is 68.6 Å². The van der Waals surface area contributed by atoms with Crippen LogP contribution >= 0.6 is 0 Å². The first-order chi connectivity index (χ1) is 9.11. The molecule has 0 aliphatic carbocycles. The van der Waals surface area contributed by atoms with Gasteiger partial charge < -0.3 is 5.73 Å². The lowest BCUT2D eigenvalue weighted by Gasteiger charge is -2.12. The van der Waals surface area contributed by atoms with E-state index in [4.69, 9.17) is 5.73 Å². The second-order valence-electron chi connectivity index (χ2n) is 6.02. The topological polar surface area (TPSA) is 26.0 Å². The summed E-state index contributed by atoms with van der Waals surface area (Å²) in [5.41, 5.74) is 10.3. The van der Waals surface area contributed by atoms with E-state index in [1.807, 2.05) is 0 Å². The largest absolute Gasteiger partial charge is 0.327 e. The average molecular weight is 261 g/mol. The van der Waals surface area contributed by atoms with Crippen molar-refractivity contribution in [3.63, 3.8) is 0 Å².